The van der Waals surface area contributed by atoms with Gasteiger partial charge >= 0.3 is 5.97 Å². The van der Waals surface area contributed by atoms with Crippen molar-refractivity contribution in [3.63, 3.8) is 0 Å². The number of nitrogens with zero attached hydrogens (tertiary/aromatic N) is 1. The molecule has 0 fully saturated rings. The van der Waals surface area contributed by atoms with Crippen molar-refractivity contribution in [3.05, 3.63) is 17.7 Å². The van der Waals surface area contributed by atoms with E-state index in [9.17, 15) is 4.79 Å². The van der Waals surface area contributed by atoms with Crippen LogP contribution in [0.5, 0.6) is 0 Å². The van der Waals surface area contributed by atoms with Crippen LogP contribution < -0.4 is 0 Å². The maximum Gasteiger partial charge on any atom is 0.311 e. The SMILES string of the molecule is CCOC(=O)Cc1cnc(C(C)(C)C)[nH]1. The Labute approximate surface area is 90.1 Å². The van der Waals surface area contributed by atoms with Gasteiger partial charge in [0, 0.05) is 17.3 Å². The van der Waals surface area contributed by atoms with Crippen LogP contribution in [0.15, 0.2) is 6.20 Å². The maximum absolute atomic E-state index is 11.2. The van der Waals surface area contributed by atoms with E-state index in [0.717, 1.165) is 11.5 Å². The van der Waals surface area contributed by atoms with E-state index in [1.807, 2.05) is 0 Å². The molecule has 0 aliphatic rings. The average molecular weight is 210 g/mol. The molecule has 0 saturated heterocycles. The minimum Gasteiger partial charge on any atom is -0.466 e. The number of hydrogen-bond acceptors (Lipinski definition) is 3. The van der Waals surface area contributed by atoms with Gasteiger partial charge in [-0.3, -0.25) is 4.79 Å². The third-order valence-corrected chi connectivity index (χ3v) is 1.98. The first-order valence-corrected chi connectivity index (χ1v) is 5.13. The third kappa shape index (κ3) is 3.38. The molecule has 0 spiro atoms. The molecule has 0 aliphatic heterocycles. The summed E-state index contributed by atoms with van der Waals surface area (Å²) in [4.78, 5) is 18.6. The quantitative estimate of drug-likeness (QED) is 0.774. The van der Waals surface area contributed by atoms with E-state index in [0.29, 0.717) is 6.61 Å². The Morgan fingerprint density at radius 1 is 1.53 bits per heavy atom. The van der Waals surface area contributed by atoms with E-state index in [2.05, 4.69) is 30.7 Å². The number of imidazole rings is 1. The Hall–Kier alpha value is -1.32. The van der Waals surface area contributed by atoms with Gasteiger partial charge in [-0.1, -0.05) is 20.8 Å². The van der Waals surface area contributed by atoms with Gasteiger partial charge in [-0.05, 0) is 6.92 Å². The molecule has 0 saturated carbocycles. The number of hydrogen-bond donors (Lipinski definition) is 1. The fourth-order valence-corrected chi connectivity index (χ4v) is 1.20. The Morgan fingerprint density at radius 3 is 2.67 bits per heavy atom. The Bertz CT molecular complexity index is 337. The molecule has 15 heavy (non-hydrogen) atoms. The van der Waals surface area contributed by atoms with Crippen LogP contribution in [0.25, 0.3) is 0 Å². The van der Waals surface area contributed by atoms with E-state index in [1.165, 1.54) is 0 Å². The fraction of sp³-hybridized carbons (Fsp3) is 0.636. The van der Waals surface area contributed by atoms with Crippen molar-refractivity contribution in [2.45, 2.75) is 39.5 Å². The van der Waals surface area contributed by atoms with Crippen molar-refractivity contribution in [1.29, 1.82) is 0 Å². The summed E-state index contributed by atoms with van der Waals surface area (Å²) in [5.74, 6) is 0.670. The highest BCUT2D eigenvalue weighted by Gasteiger charge is 2.18. The summed E-state index contributed by atoms with van der Waals surface area (Å²) >= 11 is 0. The van der Waals surface area contributed by atoms with E-state index in [1.54, 1.807) is 13.1 Å². The number of esters is 1. The number of aromatic nitrogens is 2. The standard InChI is InChI=1S/C11H18N2O2/c1-5-15-9(14)6-8-7-12-10(13-8)11(2,3)4/h7H,5-6H2,1-4H3,(H,12,13). The number of rotatable bonds is 3. The molecule has 1 aromatic rings. The molecule has 1 N–H and O–H groups in total. The highest BCUT2D eigenvalue weighted by atomic mass is 16.5. The fourth-order valence-electron chi connectivity index (χ4n) is 1.20. The summed E-state index contributed by atoms with van der Waals surface area (Å²) < 4.78 is 4.85. The van der Waals surface area contributed by atoms with Crippen molar-refractivity contribution in [1.82, 2.24) is 9.97 Å². The number of ether oxygens (including phenoxy) is 1. The Kier molecular flexibility index (Phi) is 3.50. The maximum atomic E-state index is 11.2. The molecule has 84 valence electrons. The summed E-state index contributed by atoms with van der Waals surface area (Å²) in [5.41, 5.74) is 0.783. The van der Waals surface area contributed by atoms with Gasteiger partial charge < -0.3 is 9.72 Å². The van der Waals surface area contributed by atoms with Crippen LogP contribution in [-0.2, 0) is 21.4 Å². The van der Waals surface area contributed by atoms with Crippen LogP contribution in [0.1, 0.15) is 39.2 Å². The molecule has 0 atom stereocenters. The molecule has 0 amide bonds. The van der Waals surface area contributed by atoms with Gasteiger partial charge in [-0.2, -0.15) is 0 Å². The molecule has 1 aromatic heterocycles. The lowest BCUT2D eigenvalue weighted by Gasteiger charge is -2.14. The molecule has 1 rings (SSSR count). The molecule has 0 bridgehead atoms. The Balaban J connectivity index is 2.65. The zero-order chi connectivity index (χ0) is 11.5. The smallest absolute Gasteiger partial charge is 0.311 e. The molecule has 1 heterocycles. The normalized spacial score (nSPS) is 11.5. The molecule has 0 radical (unpaired) electrons. The van der Waals surface area contributed by atoms with Crippen LogP contribution in [0.4, 0.5) is 0 Å². The van der Waals surface area contributed by atoms with Gasteiger partial charge in [0.1, 0.15) is 5.82 Å². The number of carbonyl (C=O) groups excluding carboxylic acids is 1. The van der Waals surface area contributed by atoms with Gasteiger partial charge in [0.15, 0.2) is 0 Å². The van der Waals surface area contributed by atoms with Crippen molar-refractivity contribution >= 4 is 5.97 Å². The van der Waals surface area contributed by atoms with E-state index < -0.39 is 0 Å². The summed E-state index contributed by atoms with van der Waals surface area (Å²) in [5, 5.41) is 0. The van der Waals surface area contributed by atoms with Crippen LogP contribution in [0.3, 0.4) is 0 Å². The summed E-state index contributed by atoms with van der Waals surface area (Å²) in [6.45, 7) is 8.42. The lowest BCUT2D eigenvalue weighted by atomic mass is 9.96. The first-order valence-electron chi connectivity index (χ1n) is 5.13. The van der Waals surface area contributed by atoms with Gasteiger partial charge in [-0.25, -0.2) is 4.98 Å². The first-order chi connectivity index (χ1) is 6.93. The predicted octanol–water partition coefficient (Wildman–Crippen LogP) is 1.81. The monoisotopic (exact) mass is 210 g/mol. The van der Waals surface area contributed by atoms with E-state index >= 15 is 0 Å². The van der Waals surface area contributed by atoms with Crippen LogP contribution >= 0.6 is 0 Å². The second-order valence-corrected chi connectivity index (χ2v) is 4.49. The van der Waals surface area contributed by atoms with Gasteiger partial charge in [0.2, 0.25) is 0 Å². The Morgan fingerprint density at radius 2 is 2.20 bits per heavy atom. The molecule has 0 aliphatic carbocycles. The summed E-state index contributed by atoms with van der Waals surface area (Å²) in [6, 6.07) is 0. The zero-order valence-corrected chi connectivity index (χ0v) is 9.76. The van der Waals surface area contributed by atoms with Crippen LogP contribution in [-0.4, -0.2) is 22.5 Å². The topological polar surface area (TPSA) is 55.0 Å². The number of H-pyrrole nitrogens is 1. The largest absolute Gasteiger partial charge is 0.466 e. The minimum atomic E-state index is -0.221. The summed E-state index contributed by atoms with van der Waals surface area (Å²) in [6.07, 6.45) is 1.95. The minimum absolute atomic E-state index is 0.0209. The van der Waals surface area contributed by atoms with Gasteiger partial charge in [-0.15, -0.1) is 0 Å². The molecular weight excluding hydrogens is 192 g/mol. The molecule has 4 nitrogen and oxygen atoms in total. The van der Waals surface area contributed by atoms with Crippen molar-refractivity contribution in [2.24, 2.45) is 0 Å². The molecule has 4 heteroatoms. The molecule has 0 unspecified atom stereocenters. The third-order valence-electron chi connectivity index (χ3n) is 1.98. The summed E-state index contributed by atoms with van der Waals surface area (Å²) in [7, 11) is 0. The average Bonchev–Trinajstić information content (AvgIpc) is 2.52. The number of nitrogens with one attached hydrogen (secondary N) is 1. The molecule has 0 aromatic carbocycles. The van der Waals surface area contributed by atoms with Gasteiger partial charge in [0.25, 0.3) is 0 Å². The van der Waals surface area contributed by atoms with Crippen molar-refractivity contribution < 1.29 is 9.53 Å². The van der Waals surface area contributed by atoms with Crippen LogP contribution in [0, 0.1) is 0 Å². The zero-order valence-electron chi connectivity index (χ0n) is 9.76. The van der Waals surface area contributed by atoms with Crippen molar-refractivity contribution in [3.8, 4) is 0 Å². The number of aromatic amines is 1. The second-order valence-electron chi connectivity index (χ2n) is 4.49. The highest BCUT2D eigenvalue weighted by molar-refractivity contribution is 5.71. The number of carbonyl (C=O) groups is 1. The highest BCUT2D eigenvalue weighted by Crippen LogP contribution is 2.18. The molecular formula is C11H18N2O2. The predicted molar refractivity (Wildman–Crippen MR) is 57.6 cm³/mol. The van der Waals surface area contributed by atoms with Crippen molar-refractivity contribution in [2.75, 3.05) is 6.61 Å². The van der Waals surface area contributed by atoms with Crippen LogP contribution in [0.2, 0.25) is 0 Å². The van der Waals surface area contributed by atoms with Gasteiger partial charge in [0.05, 0.1) is 13.0 Å². The lowest BCUT2D eigenvalue weighted by molar-refractivity contribution is -0.142. The van der Waals surface area contributed by atoms with E-state index in [-0.39, 0.29) is 17.8 Å². The lowest BCUT2D eigenvalue weighted by Crippen LogP contribution is -2.14. The first kappa shape index (κ1) is 11.8. The van der Waals surface area contributed by atoms with E-state index in [4.69, 9.17) is 4.74 Å². The second kappa shape index (κ2) is 4.47.